The summed E-state index contributed by atoms with van der Waals surface area (Å²) < 4.78 is 3.84. The van der Waals surface area contributed by atoms with Gasteiger partial charge in [-0.2, -0.15) is 0 Å². The number of hydrogen-bond donors (Lipinski definition) is 0. The summed E-state index contributed by atoms with van der Waals surface area (Å²) in [7, 11) is 1.86. The van der Waals surface area contributed by atoms with Crippen LogP contribution in [0, 0.1) is 20.8 Å². The van der Waals surface area contributed by atoms with Gasteiger partial charge in [-0.15, -0.1) is 21.5 Å². The van der Waals surface area contributed by atoms with E-state index in [1.165, 1.54) is 11.8 Å². The molecule has 0 aliphatic carbocycles. The maximum atomic E-state index is 12.6. The van der Waals surface area contributed by atoms with Crippen molar-refractivity contribution in [2.75, 3.05) is 5.75 Å². The molecule has 23 heavy (non-hydrogen) atoms. The van der Waals surface area contributed by atoms with Crippen molar-refractivity contribution in [1.29, 1.82) is 0 Å². The van der Waals surface area contributed by atoms with Crippen LogP contribution >= 0.6 is 23.1 Å². The number of nitrogens with zero attached hydrogens (tertiary/aromatic N) is 5. The second-order valence-electron chi connectivity index (χ2n) is 5.33. The molecule has 8 heteroatoms. The second kappa shape index (κ2) is 6.29. The number of thiazole rings is 1. The standard InChI is InChI=1S/C15H17N5OS2/c1-9-6-22-14(17-9)20-10(2)5-12(11(20)3)13(21)7-23-15-18-16-8-19(15)4/h5-6,8H,7H2,1-4H3. The van der Waals surface area contributed by atoms with Crippen molar-refractivity contribution < 1.29 is 4.79 Å². The van der Waals surface area contributed by atoms with Crippen LogP contribution in [0.3, 0.4) is 0 Å². The fourth-order valence-electron chi connectivity index (χ4n) is 2.39. The lowest BCUT2D eigenvalue weighted by Crippen LogP contribution is -2.06. The zero-order valence-electron chi connectivity index (χ0n) is 13.4. The summed E-state index contributed by atoms with van der Waals surface area (Å²) >= 11 is 2.98. The molecule has 3 aromatic heterocycles. The molecule has 0 aliphatic rings. The van der Waals surface area contributed by atoms with Crippen LogP contribution in [0.25, 0.3) is 5.13 Å². The van der Waals surface area contributed by atoms with Gasteiger partial charge in [-0.25, -0.2) is 4.98 Å². The molecule has 0 N–H and O–H groups in total. The molecule has 0 atom stereocenters. The van der Waals surface area contributed by atoms with Crippen molar-refractivity contribution in [2.45, 2.75) is 25.9 Å². The van der Waals surface area contributed by atoms with Crippen LogP contribution in [0.4, 0.5) is 0 Å². The number of rotatable bonds is 5. The Morgan fingerprint density at radius 3 is 2.74 bits per heavy atom. The maximum Gasteiger partial charge on any atom is 0.194 e. The van der Waals surface area contributed by atoms with E-state index in [4.69, 9.17) is 0 Å². The van der Waals surface area contributed by atoms with Crippen molar-refractivity contribution >= 4 is 28.9 Å². The SMILES string of the molecule is Cc1csc(-n2c(C)cc(C(=O)CSc3nncn3C)c2C)n1. The van der Waals surface area contributed by atoms with Crippen molar-refractivity contribution in [1.82, 2.24) is 24.3 Å². The minimum Gasteiger partial charge on any atom is -0.312 e. The van der Waals surface area contributed by atoms with Crippen LogP contribution in [0.15, 0.2) is 22.9 Å². The Bertz CT molecular complexity index is 861. The molecule has 0 saturated heterocycles. The molecule has 0 aliphatic heterocycles. The van der Waals surface area contributed by atoms with E-state index in [-0.39, 0.29) is 5.78 Å². The van der Waals surface area contributed by atoms with Crippen LogP contribution in [-0.2, 0) is 7.05 Å². The van der Waals surface area contributed by atoms with E-state index in [0.29, 0.717) is 5.75 Å². The van der Waals surface area contributed by atoms with E-state index >= 15 is 0 Å². The van der Waals surface area contributed by atoms with Crippen LogP contribution in [0.2, 0.25) is 0 Å². The highest BCUT2D eigenvalue weighted by Crippen LogP contribution is 2.25. The van der Waals surface area contributed by atoms with Gasteiger partial charge >= 0.3 is 0 Å². The van der Waals surface area contributed by atoms with Gasteiger partial charge in [-0.05, 0) is 26.8 Å². The molecule has 0 fully saturated rings. The summed E-state index contributed by atoms with van der Waals surface area (Å²) in [6.07, 6.45) is 1.63. The van der Waals surface area contributed by atoms with Crippen LogP contribution in [-0.4, -0.2) is 35.9 Å². The first-order valence-electron chi connectivity index (χ1n) is 7.09. The van der Waals surface area contributed by atoms with Crippen molar-refractivity contribution in [2.24, 2.45) is 7.05 Å². The third-order valence-electron chi connectivity index (χ3n) is 3.53. The summed E-state index contributed by atoms with van der Waals surface area (Å²) in [4.78, 5) is 17.1. The molecule has 3 rings (SSSR count). The number of ketones is 1. The molecule has 0 amide bonds. The van der Waals surface area contributed by atoms with Gasteiger partial charge in [0.25, 0.3) is 0 Å². The Balaban J connectivity index is 1.83. The third-order valence-corrected chi connectivity index (χ3v) is 5.51. The van der Waals surface area contributed by atoms with Crippen LogP contribution in [0.5, 0.6) is 0 Å². The first kappa shape index (κ1) is 15.9. The number of aryl methyl sites for hydroxylation is 3. The van der Waals surface area contributed by atoms with Gasteiger partial charge in [-0.1, -0.05) is 11.8 Å². The van der Waals surface area contributed by atoms with Gasteiger partial charge in [0.2, 0.25) is 0 Å². The Kier molecular flexibility index (Phi) is 4.36. The van der Waals surface area contributed by atoms with E-state index in [1.54, 1.807) is 22.2 Å². The topological polar surface area (TPSA) is 65.6 Å². The minimum atomic E-state index is 0.0885. The van der Waals surface area contributed by atoms with E-state index in [0.717, 1.165) is 32.9 Å². The number of carbonyl (C=O) groups excluding carboxylic acids is 1. The molecular formula is C15H17N5OS2. The van der Waals surface area contributed by atoms with Crippen LogP contribution in [0.1, 0.15) is 27.4 Å². The highest BCUT2D eigenvalue weighted by atomic mass is 32.2. The smallest absolute Gasteiger partial charge is 0.194 e. The molecule has 0 radical (unpaired) electrons. The highest BCUT2D eigenvalue weighted by molar-refractivity contribution is 7.99. The van der Waals surface area contributed by atoms with Gasteiger partial charge in [0, 0.05) is 29.4 Å². The molecule has 0 unspecified atom stereocenters. The Morgan fingerprint density at radius 2 is 2.13 bits per heavy atom. The number of aromatic nitrogens is 5. The first-order valence-corrected chi connectivity index (χ1v) is 8.95. The maximum absolute atomic E-state index is 12.6. The molecule has 120 valence electrons. The van der Waals surface area contributed by atoms with Gasteiger partial charge in [0.1, 0.15) is 6.33 Å². The number of carbonyl (C=O) groups is 1. The van der Waals surface area contributed by atoms with Crippen molar-refractivity contribution in [3.05, 3.63) is 40.4 Å². The normalized spacial score (nSPS) is 11.1. The largest absolute Gasteiger partial charge is 0.312 e. The Labute approximate surface area is 142 Å². The molecule has 0 aromatic carbocycles. The molecular weight excluding hydrogens is 330 g/mol. The number of hydrogen-bond acceptors (Lipinski definition) is 6. The fourth-order valence-corrected chi connectivity index (χ4v) is 4.08. The summed E-state index contributed by atoms with van der Waals surface area (Å²) in [5, 5.41) is 11.5. The lowest BCUT2D eigenvalue weighted by molar-refractivity contribution is 0.102. The summed E-state index contributed by atoms with van der Waals surface area (Å²) in [6, 6.07) is 1.94. The quantitative estimate of drug-likeness (QED) is 0.524. The van der Waals surface area contributed by atoms with E-state index in [1.807, 2.05) is 43.8 Å². The molecule has 6 nitrogen and oxygen atoms in total. The third kappa shape index (κ3) is 3.09. The monoisotopic (exact) mass is 347 g/mol. The van der Waals surface area contributed by atoms with Gasteiger partial charge in [0.15, 0.2) is 16.1 Å². The first-order chi connectivity index (χ1) is 11.0. The molecule has 0 bridgehead atoms. The summed E-state index contributed by atoms with van der Waals surface area (Å²) in [5.41, 5.74) is 3.68. The van der Waals surface area contributed by atoms with E-state index in [9.17, 15) is 4.79 Å². The number of Topliss-reactive ketones (excluding diaryl/α,β-unsaturated/α-hetero) is 1. The van der Waals surface area contributed by atoms with Gasteiger partial charge in [-0.3, -0.25) is 9.36 Å². The minimum absolute atomic E-state index is 0.0885. The zero-order chi connectivity index (χ0) is 16.6. The van der Waals surface area contributed by atoms with E-state index < -0.39 is 0 Å². The van der Waals surface area contributed by atoms with E-state index in [2.05, 4.69) is 15.2 Å². The summed E-state index contributed by atoms with van der Waals surface area (Å²) in [6.45, 7) is 5.93. The molecule has 3 aromatic rings. The van der Waals surface area contributed by atoms with Crippen molar-refractivity contribution in [3.8, 4) is 5.13 Å². The number of thioether (sulfide) groups is 1. The summed E-state index contributed by atoms with van der Waals surface area (Å²) in [5.74, 6) is 0.430. The predicted molar refractivity (Wildman–Crippen MR) is 91.7 cm³/mol. The fraction of sp³-hybridized carbons (Fsp3) is 0.333. The molecule has 3 heterocycles. The van der Waals surface area contributed by atoms with Crippen LogP contribution < -0.4 is 0 Å². The average molecular weight is 347 g/mol. The van der Waals surface area contributed by atoms with Crippen molar-refractivity contribution in [3.63, 3.8) is 0 Å². The molecule has 0 saturated carbocycles. The lowest BCUT2D eigenvalue weighted by atomic mass is 10.2. The highest BCUT2D eigenvalue weighted by Gasteiger charge is 2.18. The van der Waals surface area contributed by atoms with Gasteiger partial charge in [0.05, 0.1) is 11.4 Å². The lowest BCUT2D eigenvalue weighted by Gasteiger charge is -2.05. The second-order valence-corrected chi connectivity index (χ2v) is 7.11. The zero-order valence-corrected chi connectivity index (χ0v) is 15.0. The Hall–Kier alpha value is -1.93. The average Bonchev–Trinajstić information content (AvgIpc) is 3.17. The van der Waals surface area contributed by atoms with Gasteiger partial charge < -0.3 is 4.57 Å². The Morgan fingerprint density at radius 1 is 1.35 bits per heavy atom. The molecule has 0 spiro atoms. The predicted octanol–water partition coefficient (Wildman–Crippen LogP) is 2.96.